The second-order valence-corrected chi connectivity index (χ2v) is 7.32. The number of para-hydroxylation sites is 1. The van der Waals surface area contributed by atoms with Crippen LogP contribution in [-0.4, -0.2) is 38.2 Å². The smallest absolute Gasteiger partial charge is 0.161 e. The van der Waals surface area contributed by atoms with Crippen molar-refractivity contribution >= 4 is 11.6 Å². The zero-order valence-corrected chi connectivity index (χ0v) is 19.0. The van der Waals surface area contributed by atoms with E-state index in [0.717, 1.165) is 28.2 Å². The van der Waals surface area contributed by atoms with E-state index >= 15 is 0 Å². The molecule has 1 heterocycles. The van der Waals surface area contributed by atoms with Gasteiger partial charge in [0.15, 0.2) is 23.0 Å². The number of methoxy groups -OCH3 is 4. The lowest BCUT2D eigenvalue weighted by Crippen LogP contribution is -2.00. The Kier molecular flexibility index (Phi) is 6.23. The summed E-state index contributed by atoms with van der Waals surface area (Å²) < 4.78 is 23.6. The Morgan fingerprint density at radius 2 is 1.22 bits per heavy atom. The van der Waals surface area contributed by atoms with Gasteiger partial charge in [-0.15, -0.1) is 0 Å². The van der Waals surface area contributed by atoms with Gasteiger partial charge in [-0.3, -0.25) is 0 Å². The Morgan fingerprint density at radius 1 is 0.656 bits per heavy atom. The topological polar surface area (TPSA) is 54.7 Å². The highest BCUT2D eigenvalue weighted by atomic mass is 35.5. The second kappa shape index (κ2) is 9.24. The molecule has 7 heteroatoms. The number of nitrogens with zero attached hydrogens (tertiary/aromatic N) is 2. The van der Waals surface area contributed by atoms with Crippen molar-refractivity contribution in [3.8, 4) is 51.2 Å². The summed E-state index contributed by atoms with van der Waals surface area (Å²) in [6.07, 6.45) is 0. The molecule has 0 saturated heterocycles. The van der Waals surface area contributed by atoms with Gasteiger partial charge in [-0.25, -0.2) is 4.68 Å². The summed E-state index contributed by atoms with van der Waals surface area (Å²) in [4.78, 5) is 0. The van der Waals surface area contributed by atoms with Crippen LogP contribution in [0, 0.1) is 0 Å². The van der Waals surface area contributed by atoms with Crippen molar-refractivity contribution in [1.29, 1.82) is 0 Å². The van der Waals surface area contributed by atoms with Crippen LogP contribution in [0.4, 0.5) is 0 Å². The highest BCUT2D eigenvalue weighted by Gasteiger charge is 2.18. The number of hydrogen-bond donors (Lipinski definition) is 0. The molecule has 0 N–H and O–H groups in total. The largest absolute Gasteiger partial charge is 0.493 e. The molecule has 0 spiro atoms. The Hall–Kier alpha value is -3.64. The number of rotatable bonds is 7. The lowest BCUT2D eigenvalue weighted by atomic mass is 10.1. The van der Waals surface area contributed by atoms with Gasteiger partial charge < -0.3 is 18.9 Å². The summed E-state index contributed by atoms with van der Waals surface area (Å²) in [5, 5.41) is 5.47. The Labute approximate surface area is 191 Å². The summed E-state index contributed by atoms with van der Waals surface area (Å²) in [5.41, 5.74) is 4.17. The lowest BCUT2D eigenvalue weighted by Gasteiger charge is -2.12. The van der Waals surface area contributed by atoms with Crippen molar-refractivity contribution in [3.63, 3.8) is 0 Å². The SMILES string of the molecule is COc1ccc(-c2cc(-c3ccc(OC)c(OC)c3)n(-c3ccccc3Cl)n2)cc1OC. The van der Waals surface area contributed by atoms with E-state index in [2.05, 4.69) is 0 Å². The number of hydrogen-bond acceptors (Lipinski definition) is 5. The molecule has 0 atom stereocenters. The maximum absolute atomic E-state index is 6.52. The monoisotopic (exact) mass is 450 g/mol. The summed E-state index contributed by atoms with van der Waals surface area (Å²) in [5.74, 6) is 2.57. The highest BCUT2D eigenvalue weighted by Crippen LogP contribution is 2.37. The molecule has 1 aromatic heterocycles. The molecule has 0 amide bonds. The zero-order chi connectivity index (χ0) is 22.7. The first-order valence-corrected chi connectivity index (χ1v) is 10.3. The predicted molar refractivity (Wildman–Crippen MR) is 126 cm³/mol. The Balaban J connectivity index is 1.92. The Bertz CT molecular complexity index is 1250. The second-order valence-electron chi connectivity index (χ2n) is 6.92. The molecule has 0 unspecified atom stereocenters. The van der Waals surface area contributed by atoms with Crippen LogP contribution in [0.1, 0.15) is 0 Å². The first-order chi connectivity index (χ1) is 15.6. The summed E-state index contributed by atoms with van der Waals surface area (Å²) in [6, 6.07) is 21.0. The normalized spacial score (nSPS) is 10.7. The van der Waals surface area contributed by atoms with Crippen molar-refractivity contribution in [2.24, 2.45) is 0 Å². The predicted octanol–water partition coefficient (Wildman–Crippen LogP) is 5.89. The fourth-order valence-electron chi connectivity index (χ4n) is 3.53. The molecule has 0 aliphatic carbocycles. The molecule has 4 aromatic rings. The van der Waals surface area contributed by atoms with Crippen molar-refractivity contribution in [2.75, 3.05) is 28.4 Å². The van der Waals surface area contributed by atoms with E-state index in [1.807, 2.05) is 71.4 Å². The van der Waals surface area contributed by atoms with Gasteiger partial charge in [-0.1, -0.05) is 23.7 Å². The molecular weight excluding hydrogens is 428 g/mol. The molecule has 0 radical (unpaired) electrons. The minimum Gasteiger partial charge on any atom is -0.493 e. The number of ether oxygens (including phenoxy) is 4. The van der Waals surface area contributed by atoms with Crippen LogP contribution >= 0.6 is 11.6 Å². The van der Waals surface area contributed by atoms with Crippen LogP contribution in [0.15, 0.2) is 66.7 Å². The third-order valence-corrected chi connectivity index (χ3v) is 5.47. The Morgan fingerprint density at radius 3 is 1.81 bits per heavy atom. The number of aromatic nitrogens is 2. The van der Waals surface area contributed by atoms with E-state index in [1.54, 1.807) is 28.4 Å². The first kappa shape index (κ1) is 21.6. The van der Waals surface area contributed by atoms with E-state index in [0.29, 0.717) is 28.0 Å². The van der Waals surface area contributed by atoms with Crippen LogP contribution in [0.3, 0.4) is 0 Å². The van der Waals surface area contributed by atoms with Crippen molar-refractivity contribution in [2.45, 2.75) is 0 Å². The fourth-order valence-corrected chi connectivity index (χ4v) is 3.74. The van der Waals surface area contributed by atoms with Gasteiger partial charge in [-0.2, -0.15) is 5.10 Å². The van der Waals surface area contributed by atoms with Gasteiger partial charge in [0.05, 0.1) is 50.5 Å². The van der Waals surface area contributed by atoms with Gasteiger partial charge in [0.25, 0.3) is 0 Å². The molecule has 0 aliphatic rings. The third-order valence-electron chi connectivity index (χ3n) is 5.15. The standard InChI is InChI=1S/C25H23ClN2O4/c1-29-22-11-9-16(13-24(22)31-3)19-15-21(17-10-12-23(30-2)25(14-17)32-4)28(27-19)20-8-6-5-7-18(20)26/h5-15H,1-4H3. The first-order valence-electron chi connectivity index (χ1n) is 9.89. The van der Waals surface area contributed by atoms with Gasteiger partial charge in [-0.05, 0) is 54.6 Å². The van der Waals surface area contributed by atoms with Crippen molar-refractivity contribution in [3.05, 3.63) is 71.8 Å². The quantitative estimate of drug-likeness (QED) is 0.351. The van der Waals surface area contributed by atoms with Crippen LogP contribution < -0.4 is 18.9 Å². The van der Waals surface area contributed by atoms with Crippen LogP contribution in [-0.2, 0) is 0 Å². The molecule has 0 bridgehead atoms. The molecule has 32 heavy (non-hydrogen) atoms. The third kappa shape index (κ3) is 3.97. The minimum absolute atomic E-state index is 0.594. The maximum atomic E-state index is 6.52. The molecule has 0 aliphatic heterocycles. The number of benzene rings is 3. The summed E-state index contributed by atoms with van der Waals surface area (Å²) in [7, 11) is 6.45. The average molecular weight is 451 g/mol. The van der Waals surface area contributed by atoms with Gasteiger partial charge in [0, 0.05) is 11.1 Å². The summed E-state index contributed by atoms with van der Waals surface area (Å²) in [6.45, 7) is 0. The molecular formula is C25H23ClN2O4. The van der Waals surface area contributed by atoms with Crippen molar-refractivity contribution in [1.82, 2.24) is 9.78 Å². The molecule has 164 valence electrons. The molecule has 3 aromatic carbocycles. The van der Waals surface area contributed by atoms with Crippen LogP contribution in [0.2, 0.25) is 5.02 Å². The molecule has 6 nitrogen and oxygen atoms in total. The van der Waals surface area contributed by atoms with Crippen LogP contribution in [0.5, 0.6) is 23.0 Å². The van der Waals surface area contributed by atoms with E-state index in [9.17, 15) is 0 Å². The van der Waals surface area contributed by atoms with E-state index in [1.165, 1.54) is 0 Å². The molecule has 0 saturated carbocycles. The summed E-state index contributed by atoms with van der Waals surface area (Å²) >= 11 is 6.52. The van der Waals surface area contributed by atoms with E-state index in [-0.39, 0.29) is 0 Å². The van der Waals surface area contributed by atoms with Gasteiger partial charge >= 0.3 is 0 Å². The van der Waals surface area contributed by atoms with Gasteiger partial charge in [0.2, 0.25) is 0 Å². The average Bonchev–Trinajstić information content (AvgIpc) is 3.28. The minimum atomic E-state index is 0.594. The number of halogens is 1. The highest BCUT2D eigenvalue weighted by molar-refractivity contribution is 6.32. The van der Waals surface area contributed by atoms with Gasteiger partial charge in [0.1, 0.15) is 0 Å². The lowest BCUT2D eigenvalue weighted by molar-refractivity contribution is 0.355. The van der Waals surface area contributed by atoms with Crippen LogP contribution in [0.25, 0.3) is 28.2 Å². The maximum Gasteiger partial charge on any atom is 0.161 e. The zero-order valence-electron chi connectivity index (χ0n) is 18.3. The molecule has 0 fully saturated rings. The van der Waals surface area contributed by atoms with E-state index in [4.69, 9.17) is 35.6 Å². The molecule has 4 rings (SSSR count). The van der Waals surface area contributed by atoms with Crippen molar-refractivity contribution < 1.29 is 18.9 Å². The fraction of sp³-hybridized carbons (Fsp3) is 0.160. The van der Waals surface area contributed by atoms with E-state index < -0.39 is 0 Å².